The molecule has 0 radical (unpaired) electrons. The third kappa shape index (κ3) is 9.27. The van der Waals surface area contributed by atoms with Gasteiger partial charge in [-0.3, -0.25) is 9.98 Å². The second-order valence-electron chi connectivity index (χ2n) is 13.3. The summed E-state index contributed by atoms with van der Waals surface area (Å²) in [5.41, 5.74) is 15.0. The van der Waals surface area contributed by atoms with E-state index in [2.05, 4.69) is 172 Å². The lowest BCUT2D eigenvalue weighted by molar-refractivity contribution is 0.608. The highest BCUT2D eigenvalue weighted by molar-refractivity contribution is 6.42. The number of unbranched alkanes of at least 4 members (excludes halogenated alkanes) is 5. The Morgan fingerprint density at radius 1 is 0.451 bits per heavy atom. The summed E-state index contributed by atoms with van der Waals surface area (Å²) in [4.78, 5) is 10.5. The second kappa shape index (κ2) is 18.1. The van der Waals surface area contributed by atoms with Crippen LogP contribution in [0.25, 0.3) is 44.5 Å². The van der Waals surface area contributed by atoms with E-state index in [-0.39, 0.29) is 0 Å². The maximum absolute atomic E-state index is 5.31. The average Bonchev–Trinajstić information content (AvgIpc) is 3.19. The molecular weight excluding hydrogens is 617 g/mol. The van der Waals surface area contributed by atoms with Crippen LogP contribution in [-0.2, 0) is 6.42 Å². The van der Waals surface area contributed by atoms with E-state index in [1.807, 2.05) is 0 Å². The van der Waals surface area contributed by atoms with Gasteiger partial charge in [0.25, 0.3) is 0 Å². The zero-order chi connectivity index (χ0) is 35.3. The molecule has 0 aliphatic heterocycles. The fourth-order valence-corrected chi connectivity index (χ4v) is 6.99. The van der Waals surface area contributed by atoms with E-state index in [0.717, 1.165) is 35.6 Å². The molecule has 0 aromatic heterocycles. The number of benzene rings is 6. The fourth-order valence-electron chi connectivity index (χ4n) is 6.99. The fraction of sp³-hybridized carbons (Fsp3) is 0.224. The summed E-state index contributed by atoms with van der Waals surface area (Å²) in [5.74, 6) is 0. The molecule has 2 nitrogen and oxygen atoms in total. The van der Waals surface area contributed by atoms with Gasteiger partial charge in [-0.2, -0.15) is 0 Å². The zero-order valence-electron chi connectivity index (χ0n) is 30.5. The molecule has 6 aromatic rings. The normalized spacial score (nSPS) is 11.9. The minimum absolute atomic E-state index is 0.786. The van der Waals surface area contributed by atoms with E-state index in [0.29, 0.717) is 0 Å². The van der Waals surface area contributed by atoms with Crippen molar-refractivity contribution in [1.82, 2.24) is 0 Å². The minimum atomic E-state index is 0.786. The monoisotopic (exact) mass is 666 g/mol. The predicted molar refractivity (Wildman–Crippen MR) is 222 cm³/mol. The third-order valence-electron chi connectivity index (χ3n) is 9.64. The van der Waals surface area contributed by atoms with Crippen LogP contribution in [0.2, 0.25) is 0 Å². The molecule has 51 heavy (non-hydrogen) atoms. The lowest BCUT2D eigenvalue weighted by atomic mass is 9.87. The van der Waals surface area contributed by atoms with E-state index in [1.165, 1.54) is 88.6 Å². The molecule has 0 N–H and O–H groups in total. The second-order valence-corrected chi connectivity index (χ2v) is 13.3. The van der Waals surface area contributed by atoms with Crippen molar-refractivity contribution in [3.63, 3.8) is 0 Å². The smallest absolute Gasteiger partial charge is 0.0642 e. The van der Waals surface area contributed by atoms with Gasteiger partial charge >= 0.3 is 0 Å². The van der Waals surface area contributed by atoms with Crippen molar-refractivity contribution >= 4 is 22.8 Å². The molecule has 0 aliphatic carbocycles. The molecule has 0 saturated heterocycles. The first-order valence-corrected chi connectivity index (χ1v) is 18.8. The van der Waals surface area contributed by atoms with E-state index >= 15 is 0 Å². The van der Waals surface area contributed by atoms with Crippen LogP contribution in [-0.4, -0.2) is 11.4 Å². The molecular formula is C49H50N2. The Morgan fingerprint density at radius 2 is 0.961 bits per heavy atom. The molecule has 0 aliphatic rings. The molecule has 6 aromatic carbocycles. The van der Waals surface area contributed by atoms with Gasteiger partial charge in [0.2, 0.25) is 0 Å². The lowest BCUT2D eigenvalue weighted by Crippen LogP contribution is -2.08. The summed E-state index contributed by atoms with van der Waals surface area (Å²) in [7, 11) is 0. The number of hydrogen-bond acceptors (Lipinski definition) is 2. The molecule has 0 spiro atoms. The summed E-state index contributed by atoms with van der Waals surface area (Å²) < 4.78 is 0. The average molecular weight is 667 g/mol. The van der Waals surface area contributed by atoms with Crippen LogP contribution in [0, 0.1) is 0 Å². The van der Waals surface area contributed by atoms with Crippen LogP contribution in [0.15, 0.2) is 162 Å². The Balaban J connectivity index is 1.40. The Kier molecular flexibility index (Phi) is 12.6. The molecule has 256 valence electrons. The van der Waals surface area contributed by atoms with Crippen molar-refractivity contribution in [1.29, 1.82) is 0 Å². The zero-order valence-corrected chi connectivity index (χ0v) is 30.5. The first-order chi connectivity index (χ1) is 25.1. The summed E-state index contributed by atoms with van der Waals surface area (Å²) in [6.45, 7) is 6.56. The van der Waals surface area contributed by atoms with E-state index in [9.17, 15) is 0 Å². The minimum Gasteiger partial charge on any atom is -0.252 e. The first-order valence-electron chi connectivity index (χ1n) is 18.8. The topological polar surface area (TPSA) is 24.7 Å². The lowest BCUT2D eigenvalue weighted by Gasteiger charge is -2.18. The third-order valence-corrected chi connectivity index (χ3v) is 9.64. The van der Waals surface area contributed by atoms with Crippen molar-refractivity contribution < 1.29 is 0 Å². The molecule has 2 heteroatoms. The number of rotatable bonds is 15. The molecule has 0 heterocycles. The summed E-state index contributed by atoms with van der Waals surface area (Å²) in [6.07, 6.45) is 9.46. The molecule has 6 rings (SSSR count). The van der Waals surface area contributed by atoms with Crippen LogP contribution < -0.4 is 0 Å². The van der Waals surface area contributed by atoms with Crippen molar-refractivity contribution in [3.8, 4) is 44.5 Å². The maximum atomic E-state index is 5.31. The van der Waals surface area contributed by atoms with Crippen LogP contribution in [0.3, 0.4) is 0 Å². The molecule has 0 amide bonds. The molecule has 0 saturated carbocycles. The molecule has 0 atom stereocenters. The standard InChI is InChI=1S/C49H50N2/c1-4-6-7-8-9-14-31-42-34-44(36-47(40-27-19-12-20-28-40)49(42)41-29-21-13-22-30-41)50-37(3)48(5-2)51-43-32-33-45(38-23-15-10-16-24-38)46(35-43)39-25-17-11-18-26-39/h10-13,15-30,32-36H,4-9,14,31H2,1-3H3. The maximum Gasteiger partial charge on any atom is 0.0642 e. The van der Waals surface area contributed by atoms with Gasteiger partial charge in [0.05, 0.1) is 22.8 Å². The Hall–Kier alpha value is -5.34. The quantitative estimate of drug-likeness (QED) is 0.0770. The van der Waals surface area contributed by atoms with E-state index in [1.54, 1.807) is 0 Å². The van der Waals surface area contributed by atoms with Gasteiger partial charge in [0, 0.05) is 0 Å². The number of aliphatic imine (C=N–C) groups is 2. The van der Waals surface area contributed by atoms with Gasteiger partial charge in [0.15, 0.2) is 0 Å². The van der Waals surface area contributed by atoms with Crippen molar-refractivity contribution in [2.24, 2.45) is 9.98 Å². The highest BCUT2D eigenvalue weighted by atomic mass is 14.8. The predicted octanol–water partition coefficient (Wildman–Crippen LogP) is 14.5. The number of hydrogen-bond donors (Lipinski definition) is 0. The molecule has 0 bridgehead atoms. The van der Waals surface area contributed by atoms with Crippen molar-refractivity contribution in [2.75, 3.05) is 0 Å². The Morgan fingerprint density at radius 3 is 1.55 bits per heavy atom. The van der Waals surface area contributed by atoms with Gasteiger partial charge in [0.1, 0.15) is 0 Å². The van der Waals surface area contributed by atoms with Crippen LogP contribution in [0.5, 0.6) is 0 Å². The van der Waals surface area contributed by atoms with Gasteiger partial charge in [-0.15, -0.1) is 0 Å². The van der Waals surface area contributed by atoms with Gasteiger partial charge < -0.3 is 0 Å². The van der Waals surface area contributed by atoms with Crippen LogP contribution in [0.1, 0.15) is 71.3 Å². The Labute approximate surface area is 305 Å². The summed E-state index contributed by atoms with van der Waals surface area (Å²) in [6, 6.07) is 54.1. The van der Waals surface area contributed by atoms with Crippen LogP contribution in [0.4, 0.5) is 11.4 Å². The molecule has 0 fully saturated rings. The van der Waals surface area contributed by atoms with Crippen molar-refractivity contribution in [2.45, 2.75) is 72.1 Å². The van der Waals surface area contributed by atoms with Gasteiger partial charge in [-0.1, -0.05) is 173 Å². The Bertz CT molecular complexity index is 2040. The number of nitrogens with zero attached hydrogens (tertiary/aromatic N) is 2. The van der Waals surface area contributed by atoms with Crippen LogP contribution >= 0.6 is 0 Å². The first kappa shape index (κ1) is 35.5. The van der Waals surface area contributed by atoms with Gasteiger partial charge in [-0.25, -0.2) is 0 Å². The van der Waals surface area contributed by atoms with E-state index in [4.69, 9.17) is 9.98 Å². The van der Waals surface area contributed by atoms with E-state index < -0.39 is 0 Å². The summed E-state index contributed by atoms with van der Waals surface area (Å²) in [5, 5.41) is 0. The summed E-state index contributed by atoms with van der Waals surface area (Å²) >= 11 is 0. The number of aryl methyl sites for hydroxylation is 1. The highest BCUT2D eigenvalue weighted by Gasteiger charge is 2.16. The van der Waals surface area contributed by atoms with Gasteiger partial charge in [-0.05, 0) is 101 Å². The molecule has 0 unspecified atom stereocenters. The van der Waals surface area contributed by atoms with Crippen molar-refractivity contribution in [3.05, 3.63) is 157 Å². The SMILES string of the molecule is CCCCCCCCc1cc(N=C(C)C(CC)=Nc2ccc(-c3ccccc3)c(-c3ccccc3)c2)cc(-c2ccccc2)c1-c1ccccc1. The highest BCUT2D eigenvalue weighted by Crippen LogP contribution is 2.40. The largest absolute Gasteiger partial charge is 0.252 e.